The van der Waals surface area contributed by atoms with Crippen molar-refractivity contribution in [1.29, 1.82) is 0 Å². The van der Waals surface area contributed by atoms with E-state index in [0.29, 0.717) is 18.6 Å². The number of hydrogen-bond donors (Lipinski definition) is 1. The number of methoxy groups -OCH3 is 1. The quantitative estimate of drug-likeness (QED) is 0.928. The Morgan fingerprint density at radius 2 is 2.45 bits per heavy atom. The Balaban J connectivity index is 1.77. The number of aromatic amines is 1. The summed E-state index contributed by atoms with van der Waals surface area (Å²) in [6.45, 7) is 1.45. The lowest BCUT2D eigenvalue weighted by atomic mass is 10.1. The summed E-state index contributed by atoms with van der Waals surface area (Å²) in [5, 5.41) is 0. The van der Waals surface area contributed by atoms with Crippen molar-refractivity contribution in [2.45, 2.75) is 12.3 Å². The summed E-state index contributed by atoms with van der Waals surface area (Å²) < 4.78 is 18.0. The zero-order valence-electron chi connectivity index (χ0n) is 11.2. The SMILES string of the molecule is COCC(=O)N1CCC(c2nc3ccc(F)cc3[nH]2)C1. The number of halogens is 1. The first kappa shape index (κ1) is 13.1. The molecule has 1 amide bonds. The molecule has 1 saturated heterocycles. The highest BCUT2D eigenvalue weighted by molar-refractivity contribution is 5.78. The van der Waals surface area contributed by atoms with Gasteiger partial charge in [0.15, 0.2) is 0 Å². The fraction of sp³-hybridized carbons (Fsp3) is 0.429. The number of carbonyl (C=O) groups excluding carboxylic acids is 1. The van der Waals surface area contributed by atoms with Crippen LogP contribution in [0.4, 0.5) is 4.39 Å². The molecule has 5 nitrogen and oxygen atoms in total. The van der Waals surface area contributed by atoms with Crippen LogP contribution < -0.4 is 0 Å². The van der Waals surface area contributed by atoms with E-state index in [9.17, 15) is 9.18 Å². The number of nitrogens with one attached hydrogen (secondary N) is 1. The number of aromatic nitrogens is 2. The zero-order chi connectivity index (χ0) is 14.1. The molecular weight excluding hydrogens is 261 g/mol. The third-order valence-electron chi connectivity index (χ3n) is 3.66. The second-order valence-corrected chi connectivity index (χ2v) is 5.04. The normalized spacial score (nSPS) is 18.9. The number of imidazole rings is 1. The number of benzene rings is 1. The van der Waals surface area contributed by atoms with E-state index in [1.807, 2.05) is 0 Å². The van der Waals surface area contributed by atoms with Crippen LogP contribution in [0.15, 0.2) is 18.2 Å². The molecule has 1 aliphatic rings. The largest absolute Gasteiger partial charge is 0.375 e. The summed E-state index contributed by atoms with van der Waals surface area (Å²) in [6, 6.07) is 4.50. The maximum Gasteiger partial charge on any atom is 0.248 e. The van der Waals surface area contributed by atoms with E-state index in [1.165, 1.54) is 19.2 Å². The number of ether oxygens (including phenoxy) is 1. The van der Waals surface area contributed by atoms with Gasteiger partial charge in [-0.15, -0.1) is 0 Å². The molecule has 0 radical (unpaired) electrons. The van der Waals surface area contributed by atoms with Crippen LogP contribution in [0.25, 0.3) is 11.0 Å². The molecular formula is C14H16FN3O2. The van der Waals surface area contributed by atoms with E-state index in [1.54, 1.807) is 11.0 Å². The highest BCUT2D eigenvalue weighted by Gasteiger charge is 2.29. The third kappa shape index (κ3) is 2.38. The summed E-state index contributed by atoms with van der Waals surface area (Å²) in [7, 11) is 1.51. The van der Waals surface area contributed by atoms with Crippen LogP contribution in [-0.2, 0) is 9.53 Å². The van der Waals surface area contributed by atoms with Crippen LogP contribution in [-0.4, -0.2) is 47.6 Å². The molecule has 6 heteroatoms. The zero-order valence-corrected chi connectivity index (χ0v) is 11.2. The summed E-state index contributed by atoms with van der Waals surface area (Å²) >= 11 is 0. The van der Waals surface area contributed by atoms with Crippen molar-refractivity contribution in [2.75, 3.05) is 26.8 Å². The lowest BCUT2D eigenvalue weighted by Gasteiger charge is -2.15. The van der Waals surface area contributed by atoms with E-state index in [-0.39, 0.29) is 24.2 Å². The predicted molar refractivity (Wildman–Crippen MR) is 71.9 cm³/mol. The van der Waals surface area contributed by atoms with Gasteiger partial charge in [0.1, 0.15) is 18.2 Å². The van der Waals surface area contributed by atoms with Gasteiger partial charge in [-0.25, -0.2) is 9.37 Å². The van der Waals surface area contributed by atoms with Gasteiger partial charge in [-0.2, -0.15) is 0 Å². The molecule has 1 aliphatic heterocycles. The molecule has 0 bridgehead atoms. The van der Waals surface area contributed by atoms with Gasteiger partial charge in [0.25, 0.3) is 0 Å². The maximum absolute atomic E-state index is 13.2. The molecule has 0 saturated carbocycles. The molecule has 3 rings (SSSR count). The van der Waals surface area contributed by atoms with Gasteiger partial charge in [0.05, 0.1) is 11.0 Å². The number of hydrogen-bond acceptors (Lipinski definition) is 3. The first-order chi connectivity index (χ1) is 9.67. The number of carbonyl (C=O) groups is 1. The Bertz CT molecular complexity index is 640. The molecule has 0 spiro atoms. The van der Waals surface area contributed by atoms with Crippen molar-refractivity contribution >= 4 is 16.9 Å². The Morgan fingerprint density at radius 3 is 3.25 bits per heavy atom. The third-order valence-corrected chi connectivity index (χ3v) is 3.66. The van der Waals surface area contributed by atoms with Crippen molar-refractivity contribution in [3.8, 4) is 0 Å². The first-order valence-corrected chi connectivity index (χ1v) is 6.59. The molecule has 1 aromatic heterocycles. The minimum Gasteiger partial charge on any atom is -0.375 e. The monoisotopic (exact) mass is 277 g/mol. The smallest absolute Gasteiger partial charge is 0.248 e. The summed E-state index contributed by atoms with van der Waals surface area (Å²) in [5.41, 5.74) is 1.45. The van der Waals surface area contributed by atoms with Gasteiger partial charge in [0, 0.05) is 26.1 Å². The molecule has 2 aromatic rings. The standard InChI is InChI=1S/C14H16FN3O2/c1-20-8-13(19)18-5-4-9(7-18)14-16-11-3-2-10(15)6-12(11)17-14/h2-3,6,9H,4-5,7-8H2,1H3,(H,16,17). The number of H-pyrrole nitrogens is 1. The van der Waals surface area contributed by atoms with E-state index >= 15 is 0 Å². The van der Waals surface area contributed by atoms with E-state index in [2.05, 4.69) is 9.97 Å². The number of fused-ring (bicyclic) bond motifs is 1. The van der Waals surface area contributed by atoms with Crippen molar-refractivity contribution < 1.29 is 13.9 Å². The molecule has 2 heterocycles. The highest BCUT2D eigenvalue weighted by Crippen LogP contribution is 2.27. The predicted octanol–water partition coefficient (Wildman–Crippen LogP) is 1.66. The minimum atomic E-state index is -0.281. The second-order valence-electron chi connectivity index (χ2n) is 5.04. The van der Waals surface area contributed by atoms with Crippen LogP contribution in [0, 0.1) is 5.82 Å². The minimum absolute atomic E-state index is 0.00263. The van der Waals surface area contributed by atoms with Gasteiger partial charge >= 0.3 is 0 Å². The van der Waals surface area contributed by atoms with E-state index in [4.69, 9.17) is 4.74 Å². The summed E-state index contributed by atoms with van der Waals surface area (Å²) in [6.07, 6.45) is 0.859. The van der Waals surface area contributed by atoms with Crippen molar-refractivity contribution in [3.05, 3.63) is 29.8 Å². The fourth-order valence-corrected chi connectivity index (χ4v) is 2.62. The Hall–Kier alpha value is -1.95. The molecule has 1 fully saturated rings. The van der Waals surface area contributed by atoms with Gasteiger partial charge in [0.2, 0.25) is 5.91 Å². The molecule has 0 aliphatic carbocycles. The van der Waals surface area contributed by atoms with Crippen molar-refractivity contribution in [1.82, 2.24) is 14.9 Å². The van der Waals surface area contributed by atoms with Crippen LogP contribution in [0.3, 0.4) is 0 Å². The molecule has 1 aromatic carbocycles. The van der Waals surface area contributed by atoms with Gasteiger partial charge < -0.3 is 14.6 Å². The molecule has 106 valence electrons. The maximum atomic E-state index is 13.2. The first-order valence-electron chi connectivity index (χ1n) is 6.59. The lowest BCUT2D eigenvalue weighted by molar-refractivity contribution is -0.134. The van der Waals surface area contributed by atoms with Crippen molar-refractivity contribution in [3.63, 3.8) is 0 Å². The Labute approximate surface area is 115 Å². The van der Waals surface area contributed by atoms with Crippen LogP contribution >= 0.6 is 0 Å². The topological polar surface area (TPSA) is 58.2 Å². The summed E-state index contributed by atoms with van der Waals surface area (Å²) in [4.78, 5) is 21.2. The van der Waals surface area contributed by atoms with Crippen LogP contribution in [0.5, 0.6) is 0 Å². The average molecular weight is 277 g/mol. The molecule has 1 unspecified atom stereocenters. The summed E-state index contributed by atoms with van der Waals surface area (Å²) in [5.74, 6) is 0.706. The number of likely N-dealkylation sites (tertiary alicyclic amines) is 1. The highest BCUT2D eigenvalue weighted by atomic mass is 19.1. The lowest BCUT2D eigenvalue weighted by Crippen LogP contribution is -2.31. The molecule has 1 N–H and O–H groups in total. The average Bonchev–Trinajstić information content (AvgIpc) is 3.04. The van der Waals surface area contributed by atoms with Gasteiger partial charge in [-0.1, -0.05) is 0 Å². The van der Waals surface area contributed by atoms with Crippen molar-refractivity contribution in [2.24, 2.45) is 0 Å². The van der Waals surface area contributed by atoms with E-state index < -0.39 is 0 Å². The Kier molecular flexibility index (Phi) is 3.40. The molecule has 1 atom stereocenters. The number of rotatable bonds is 3. The van der Waals surface area contributed by atoms with Gasteiger partial charge in [-0.05, 0) is 24.6 Å². The number of amides is 1. The van der Waals surface area contributed by atoms with Gasteiger partial charge in [-0.3, -0.25) is 4.79 Å². The fourth-order valence-electron chi connectivity index (χ4n) is 2.62. The number of nitrogens with zero attached hydrogens (tertiary/aromatic N) is 2. The van der Waals surface area contributed by atoms with E-state index in [0.717, 1.165) is 17.8 Å². The molecule has 20 heavy (non-hydrogen) atoms. The Morgan fingerprint density at radius 1 is 1.60 bits per heavy atom. The van der Waals surface area contributed by atoms with Crippen LogP contribution in [0.1, 0.15) is 18.2 Å². The van der Waals surface area contributed by atoms with Crippen LogP contribution in [0.2, 0.25) is 0 Å². The second kappa shape index (κ2) is 5.20.